The Morgan fingerprint density at radius 1 is 0.750 bits per heavy atom. The maximum absolute atomic E-state index is 14.2. The molecule has 0 bridgehead atoms. The average molecular weight is 922 g/mol. The molecule has 3 aromatic carbocycles. The number of aliphatic hydroxyl groups excluding tert-OH is 10. The molecule has 1 unspecified atom stereocenters. The van der Waals surface area contributed by atoms with E-state index >= 15 is 0 Å². The Morgan fingerprint density at radius 2 is 1.39 bits per heavy atom. The van der Waals surface area contributed by atoms with E-state index < -0.39 is 121 Å². The largest absolute Gasteiger partial charge is 0.391 e. The Bertz CT molecular complexity index is 2240. The second kappa shape index (κ2) is 19.4. The molecule has 22 heteroatoms. The minimum absolute atomic E-state index is 0.00966. The zero-order valence-electron chi connectivity index (χ0n) is 34.8. The summed E-state index contributed by atoms with van der Waals surface area (Å²) in [7, 11) is -0.271. The van der Waals surface area contributed by atoms with E-state index in [1.54, 1.807) is 59.5 Å². The van der Waals surface area contributed by atoms with Crippen LogP contribution in [0.2, 0.25) is 0 Å². The lowest BCUT2D eigenvalue weighted by Crippen LogP contribution is -2.66. The zero-order valence-corrected chi connectivity index (χ0v) is 35.6. The SMILES string of the molecule is CN(C)c1cccc2c(S(=O)(=O)N3CCN(C(C#Cc4ccccc4)[C@H]4O[C@H](OC[C@H]5O[C@H](O[C@]6(CO)O[C@](O)(CO)[C@@H](O)[C@@H]6O)[C@H](O)[C@@H](O)[C@@H]5O)[C@H](O)[C@@H](O)[C@H]4O)CC3)cccc12. The Labute approximate surface area is 368 Å². The van der Waals surface area contributed by atoms with Gasteiger partial charge in [-0.2, -0.15) is 4.31 Å². The van der Waals surface area contributed by atoms with Crippen molar-refractivity contribution in [2.75, 3.05) is 65.0 Å². The predicted octanol–water partition coefficient (Wildman–Crippen LogP) is -4.60. The van der Waals surface area contributed by atoms with E-state index in [2.05, 4.69) is 11.8 Å². The number of hydrogen-bond acceptors (Lipinski definition) is 20. The van der Waals surface area contributed by atoms with E-state index in [4.69, 9.17) is 23.7 Å². The fraction of sp³-hybridized carbons (Fsp3) is 0.571. The summed E-state index contributed by atoms with van der Waals surface area (Å²) in [5.41, 5.74) is 1.44. The standard InChI is InChI=1S/C42H55N3O18S/c1-43(2)26-12-6-11-25-24(26)10-7-13-29(25)64(57,58)45-18-16-44(17-19-45)27(15-14-23-8-4-3-5-9-23)36-33(51)32(50)34(52)39(61-36)59-20-28-30(48)31(49)35(53)40(60-28)62-42(22-47)38(55)37(54)41(56,21-46)63-42/h3-13,27-28,30-40,46-56H,16-22H2,1-2H3/t27?,28-,30-,31+,32+,33-,34-,35-,36-,37+,38+,39+,40-,41-,42-/m1/s1. The molecular formula is C42H55N3O18S. The molecule has 15 atom stereocenters. The van der Waals surface area contributed by atoms with Gasteiger partial charge in [-0.15, -0.1) is 0 Å². The molecule has 0 aliphatic carbocycles. The molecule has 4 saturated heterocycles. The van der Waals surface area contributed by atoms with E-state index in [1.165, 1.54) is 4.31 Å². The molecule has 0 amide bonds. The normalized spacial score (nSPS) is 37.0. The highest BCUT2D eigenvalue weighted by molar-refractivity contribution is 7.89. The summed E-state index contributed by atoms with van der Waals surface area (Å²) in [6.07, 6.45) is -22.9. The summed E-state index contributed by atoms with van der Waals surface area (Å²) in [5, 5.41) is 118. The van der Waals surface area contributed by atoms with Gasteiger partial charge in [-0.1, -0.05) is 54.3 Å². The zero-order chi connectivity index (χ0) is 46.3. The Balaban J connectivity index is 1.09. The van der Waals surface area contributed by atoms with Gasteiger partial charge in [-0.3, -0.25) is 4.90 Å². The molecule has 0 radical (unpaired) electrons. The number of benzene rings is 3. The lowest BCUT2D eigenvalue weighted by atomic mass is 9.92. The lowest BCUT2D eigenvalue weighted by molar-refractivity contribution is -0.407. The van der Waals surface area contributed by atoms with Crippen LogP contribution >= 0.6 is 0 Å². The van der Waals surface area contributed by atoms with Crippen molar-refractivity contribution in [3.63, 3.8) is 0 Å². The van der Waals surface area contributed by atoms with Crippen LogP contribution in [-0.2, 0) is 33.7 Å². The molecule has 11 N–H and O–H groups in total. The summed E-state index contributed by atoms with van der Waals surface area (Å²) >= 11 is 0. The fourth-order valence-electron chi connectivity index (χ4n) is 8.40. The van der Waals surface area contributed by atoms with Gasteiger partial charge >= 0.3 is 0 Å². The maximum atomic E-state index is 14.2. The second-order valence-corrected chi connectivity index (χ2v) is 18.3. The quantitative estimate of drug-likeness (QED) is 0.0762. The van der Waals surface area contributed by atoms with Crippen molar-refractivity contribution in [3.05, 3.63) is 72.3 Å². The Kier molecular flexibility index (Phi) is 14.7. The molecule has 4 heterocycles. The van der Waals surface area contributed by atoms with Crippen LogP contribution in [0, 0.1) is 11.8 Å². The number of piperazine rings is 1. The Hall–Kier alpha value is -3.49. The number of rotatable bonds is 12. The highest BCUT2D eigenvalue weighted by atomic mass is 32.2. The van der Waals surface area contributed by atoms with E-state index in [-0.39, 0.29) is 31.1 Å². The van der Waals surface area contributed by atoms with Crippen molar-refractivity contribution in [3.8, 4) is 11.8 Å². The van der Waals surface area contributed by atoms with Crippen LogP contribution in [0.25, 0.3) is 10.8 Å². The number of aliphatic hydroxyl groups is 11. The summed E-state index contributed by atoms with van der Waals surface area (Å²) in [6, 6.07) is 18.4. The fourth-order valence-corrected chi connectivity index (χ4v) is 10.0. The minimum atomic E-state index is -4.01. The molecule has 3 aromatic rings. The van der Waals surface area contributed by atoms with Crippen LogP contribution in [0.1, 0.15) is 5.56 Å². The van der Waals surface area contributed by atoms with Gasteiger partial charge in [-0.05, 0) is 24.3 Å². The number of nitrogens with zero attached hydrogens (tertiary/aromatic N) is 3. The number of ether oxygens (including phenoxy) is 5. The molecular weight excluding hydrogens is 867 g/mol. The van der Waals surface area contributed by atoms with E-state index in [0.717, 1.165) is 11.1 Å². The van der Waals surface area contributed by atoms with Gasteiger partial charge in [-0.25, -0.2) is 8.42 Å². The third-order valence-electron chi connectivity index (χ3n) is 12.1. The smallest absolute Gasteiger partial charge is 0.243 e. The van der Waals surface area contributed by atoms with Crippen molar-refractivity contribution in [1.29, 1.82) is 0 Å². The van der Waals surface area contributed by atoms with Gasteiger partial charge in [0.1, 0.15) is 73.7 Å². The van der Waals surface area contributed by atoms with Crippen molar-refractivity contribution < 1.29 is 88.3 Å². The molecule has 0 aromatic heterocycles. The van der Waals surface area contributed by atoms with E-state index in [1.807, 2.05) is 31.1 Å². The van der Waals surface area contributed by atoms with Crippen molar-refractivity contribution in [1.82, 2.24) is 9.21 Å². The van der Waals surface area contributed by atoms with E-state index in [9.17, 15) is 64.6 Å². The van der Waals surface area contributed by atoms with Gasteiger partial charge < -0.3 is 84.8 Å². The first-order valence-electron chi connectivity index (χ1n) is 20.6. The molecule has 7 rings (SSSR count). The van der Waals surface area contributed by atoms with Crippen molar-refractivity contribution in [2.24, 2.45) is 0 Å². The summed E-state index contributed by atoms with van der Waals surface area (Å²) in [4.78, 5) is 3.82. The number of anilines is 1. The molecule has 4 fully saturated rings. The van der Waals surface area contributed by atoms with Crippen molar-refractivity contribution in [2.45, 2.75) is 96.1 Å². The van der Waals surface area contributed by atoms with Gasteiger partial charge in [0.25, 0.3) is 0 Å². The molecule has 0 saturated carbocycles. The van der Waals surface area contributed by atoms with Gasteiger partial charge in [0.05, 0.1) is 18.1 Å². The van der Waals surface area contributed by atoms with Crippen LogP contribution < -0.4 is 4.90 Å². The van der Waals surface area contributed by atoms with Crippen LogP contribution in [0.15, 0.2) is 71.6 Å². The number of sulfonamides is 1. The molecule has 64 heavy (non-hydrogen) atoms. The topological polar surface area (TPSA) is 313 Å². The van der Waals surface area contributed by atoms with Crippen LogP contribution in [0.4, 0.5) is 5.69 Å². The molecule has 352 valence electrons. The summed E-state index contributed by atoms with van der Waals surface area (Å²) in [5.74, 6) is 0.609. The third-order valence-corrected chi connectivity index (χ3v) is 14.1. The van der Waals surface area contributed by atoms with Crippen LogP contribution in [0.5, 0.6) is 0 Å². The third kappa shape index (κ3) is 9.14. The maximum Gasteiger partial charge on any atom is 0.243 e. The molecule has 4 aliphatic rings. The first kappa shape index (κ1) is 48.4. The molecule has 0 spiro atoms. The van der Waals surface area contributed by atoms with Crippen LogP contribution in [-0.4, -0.2) is 225 Å². The average Bonchev–Trinajstić information content (AvgIpc) is 3.49. The Morgan fingerprint density at radius 3 is 2.03 bits per heavy atom. The number of hydrogen-bond donors (Lipinski definition) is 11. The van der Waals surface area contributed by atoms with Gasteiger partial charge in [0.15, 0.2) is 12.6 Å². The summed E-state index contributed by atoms with van der Waals surface area (Å²) < 4.78 is 57.9. The predicted molar refractivity (Wildman–Crippen MR) is 221 cm³/mol. The van der Waals surface area contributed by atoms with Crippen molar-refractivity contribution >= 4 is 26.5 Å². The first-order valence-corrected chi connectivity index (χ1v) is 22.0. The van der Waals surface area contributed by atoms with Crippen LogP contribution in [0.3, 0.4) is 0 Å². The number of fused-ring (bicyclic) bond motifs is 1. The van der Waals surface area contributed by atoms with E-state index in [0.29, 0.717) is 10.9 Å². The summed E-state index contributed by atoms with van der Waals surface area (Å²) in [6.45, 7) is -3.07. The highest BCUT2D eigenvalue weighted by Gasteiger charge is 2.64. The van der Waals surface area contributed by atoms with Gasteiger partial charge in [0.2, 0.25) is 21.6 Å². The molecule has 21 nitrogen and oxygen atoms in total. The molecule has 4 aliphatic heterocycles. The van der Waals surface area contributed by atoms with Gasteiger partial charge in [0, 0.05) is 62.3 Å². The monoisotopic (exact) mass is 921 g/mol. The lowest BCUT2D eigenvalue weighted by Gasteiger charge is -2.47. The minimum Gasteiger partial charge on any atom is -0.391 e. The first-order chi connectivity index (χ1) is 30.4. The second-order valence-electron chi connectivity index (χ2n) is 16.4. The highest BCUT2D eigenvalue weighted by Crippen LogP contribution is 2.40.